The largest absolute Gasteiger partial charge is 0.484 e. The minimum atomic E-state index is -3.76. The molecule has 0 aliphatic carbocycles. The zero-order valence-electron chi connectivity index (χ0n) is 17.4. The average Bonchev–Trinajstić information content (AvgIpc) is 2.75. The molecule has 6 nitrogen and oxygen atoms in total. The molecule has 0 atom stereocenters. The van der Waals surface area contributed by atoms with Crippen LogP contribution in [0.1, 0.15) is 11.1 Å². The van der Waals surface area contributed by atoms with Gasteiger partial charge in [0, 0.05) is 23.4 Å². The van der Waals surface area contributed by atoms with Gasteiger partial charge in [-0.05, 0) is 85.6 Å². The van der Waals surface area contributed by atoms with Crippen molar-refractivity contribution in [3.8, 4) is 5.75 Å². The van der Waals surface area contributed by atoms with Gasteiger partial charge < -0.3 is 9.64 Å². The van der Waals surface area contributed by atoms with Gasteiger partial charge in [0.15, 0.2) is 6.61 Å². The number of halogens is 1. The number of rotatable bonds is 7. The molecule has 3 aromatic rings. The monoisotopic (exact) mass is 458 g/mol. The lowest BCUT2D eigenvalue weighted by Gasteiger charge is -2.19. The Kier molecular flexibility index (Phi) is 6.87. The molecule has 1 N–H and O–H groups in total. The number of anilines is 2. The molecule has 0 fully saturated rings. The molecule has 3 rings (SSSR count). The van der Waals surface area contributed by atoms with Crippen LogP contribution in [-0.2, 0) is 14.8 Å². The lowest BCUT2D eigenvalue weighted by atomic mass is 10.1. The molecule has 0 bridgehead atoms. The van der Waals surface area contributed by atoms with Crippen LogP contribution in [-0.4, -0.2) is 28.0 Å². The molecule has 3 aromatic carbocycles. The molecule has 1 amide bonds. The maximum Gasteiger partial charge on any atom is 0.264 e. The second kappa shape index (κ2) is 9.41. The molecular weight excluding hydrogens is 436 g/mol. The Hall–Kier alpha value is -3.03. The van der Waals surface area contributed by atoms with E-state index in [4.69, 9.17) is 16.3 Å². The molecule has 162 valence electrons. The van der Waals surface area contributed by atoms with Crippen LogP contribution < -0.4 is 14.4 Å². The predicted octanol–water partition coefficient (Wildman–Crippen LogP) is 4.80. The van der Waals surface area contributed by atoms with Crippen LogP contribution in [0.4, 0.5) is 11.4 Å². The lowest BCUT2D eigenvalue weighted by molar-refractivity contribution is -0.120. The minimum Gasteiger partial charge on any atom is -0.484 e. The Morgan fingerprint density at radius 2 is 1.61 bits per heavy atom. The highest BCUT2D eigenvalue weighted by Crippen LogP contribution is 2.21. The maximum atomic E-state index is 12.5. The van der Waals surface area contributed by atoms with Crippen molar-refractivity contribution in [2.24, 2.45) is 0 Å². The summed E-state index contributed by atoms with van der Waals surface area (Å²) in [6.07, 6.45) is 0. The van der Waals surface area contributed by atoms with Crippen LogP contribution >= 0.6 is 11.6 Å². The normalized spacial score (nSPS) is 11.1. The Labute approximate surface area is 187 Å². The van der Waals surface area contributed by atoms with Gasteiger partial charge in [-0.2, -0.15) is 0 Å². The molecule has 0 aliphatic rings. The molecule has 0 spiro atoms. The van der Waals surface area contributed by atoms with Gasteiger partial charge >= 0.3 is 0 Å². The van der Waals surface area contributed by atoms with Crippen molar-refractivity contribution in [3.63, 3.8) is 0 Å². The molecule has 0 radical (unpaired) electrons. The van der Waals surface area contributed by atoms with Crippen molar-refractivity contribution in [2.45, 2.75) is 18.7 Å². The highest BCUT2D eigenvalue weighted by Gasteiger charge is 2.16. The van der Waals surface area contributed by atoms with Gasteiger partial charge in [0.25, 0.3) is 15.9 Å². The van der Waals surface area contributed by atoms with Crippen LogP contribution in [0.15, 0.2) is 71.6 Å². The number of sulfonamides is 1. The quantitative estimate of drug-likeness (QED) is 0.551. The summed E-state index contributed by atoms with van der Waals surface area (Å²) in [7, 11) is -2.07. The Bertz CT molecular complexity index is 1180. The van der Waals surface area contributed by atoms with E-state index in [9.17, 15) is 13.2 Å². The third kappa shape index (κ3) is 5.77. The van der Waals surface area contributed by atoms with Crippen molar-refractivity contribution in [1.29, 1.82) is 0 Å². The minimum absolute atomic E-state index is 0.0772. The number of nitrogens with one attached hydrogen (secondary N) is 1. The number of nitrogens with zero attached hydrogens (tertiary/aromatic N) is 1. The average molecular weight is 459 g/mol. The zero-order valence-corrected chi connectivity index (χ0v) is 19.0. The fraction of sp³-hybridized carbons (Fsp3) is 0.174. The van der Waals surface area contributed by atoms with E-state index in [2.05, 4.69) is 4.72 Å². The second-order valence-corrected chi connectivity index (χ2v) is 9.21. The summed E-state index contributed by atoms with van der Waals surface area (Å²) >= 11 is 5.82. The van der Waals surface area contributed by atoms with E-state index in [1.165, 1.54) is 29.2 Å². The van der Waals surface area contributed by atoms with E-state index in [1.807, 2.05) is 32.0 Å². The van der Waals surface area contributed by atoms with E-state index in [1.54, 1.807) is 31.3 Å². The van der Waals surface area contributed by atoms with Gasteiger partial charge in [-0.3, -0.25) is 9.52 Å². The van der Waals surface area contributed by atoms with Gasteiger partial charge in [0.05, 0.1) is 4.90 Å². The number of carbonyl (C=O) groups excluding carboxylic acids is 1. The SMILES string of the molecule is Cc1ccc(N(C)C(=O)COc2ccc(S(=O)(=O)Nc3ccc(Cl)cc3)cc2)cc1C. The van der Waals surface area contributed by atoms with Crippen LogP contribution in [0, 0.1) is 13.8 Å². The smallest absolute Gasteiger partial charge is 0.264 e. The third-order valence-corrected chi connectivity index (χ3v) is 6.49. The first kappa shape index (κ1) is 22.7. The van der Waals surface area contributed by atoms with E-state index in [-0.39, 0.29) is 17.4 Å². The first-order chi connectivity index (χ1) is 14.7. The Balaban J connectivity index is 1.61. The molecule has 0 heterocycles. The number of amides is 1. The van der Waals surface area contributed by atoms with Crippen LogP contribution in [0.2, 0.25) is 5.02 Å². The summed E-state index contributed by atoms with van der Waals surface area (Å²) in [4.78, 5) is 14.1. The molecule has 0 aromatic heterocycles. The Morgan fingerprint density at radius 1 is 0.968 bits per heavy atom. The van der Waals surface area contributed by atoms with Gasteiger partial charge in [0.2, 0.25) is 0 Å². The van der Waals surface area contributed by atoms with Crippen molar-refractivity contribution in [1.82, 2.24) is 0 Å². The summed E-state index contributed by atoms with van der Waals surface area (Å²) in [5.41, 5.74) is 3.44. The standard InChI is InChI=1S/C23H23ClN2O4S/c1-16-4-9-20(14-17(16)2)26(3)23(27)15-30-21-10-12-22(13-11-21)31(28,29)25-19-7-5-18(24)6-8-19/h4-14,25H,15H2,1-3H3. The molecule has 0 aliphatic heterocycles. The number of hydrogen-bond donors (Lipinski definition) is 1. The van der Waals surface area contributed by atoms with E-state index in [0.717, 1.165) is 16.8 Å². The molecule has 8 heteroatoms. The first-order valence-electron chi connectivity index (χ1n) is 9.51. The lowest BCUT2D eigenvalue weighted by Crippen LogP contribution is -2.31. The highest BCUT2D eigenvalue weighted by atomic mass is 35.5. The van der Waals surface area contributed by atoms with E-state index >= 15 is 0 Å². The number of ether oxygens (including phenoxy) is 1. The molecule has 0 saturated carbocycles. The number of carbonyl (C=O) groups is 1. The van der Waals surface area contributed by atoms with Gasteiger partial charge in [0.1, 0.15) is 5.75 Å². The molecule has 31 heavy (non-hydrogen) atoms. The molecule has 0 saturated heterocycles. The summed E-state index contributed by atoms with van der Waals surface area (Å²) in [6, 6.07) is 18.0. The number of likely N-dealkylation sites (N-methyl/N-ethyl adjacent to an activating group) is 1. The number of benzene rings is 3. The number of aryl methyl sites for hydroxylation is 2. The summed E-state index contributed by atoms with van der Waals surface area (Å²) in [5, 5.41) is 0.516. The summed E-state index contributed by atoms with van der Waals surface area (Å²) in [5.74, 6) is 0.177. The second-order valence-electron chi connectivity index (χ2n) is 7.09. The van der Waals surface area contributed by atoms with Gasteiger partial charge in [-0.1, -0.05) is 17.7 Å². The van der Waals surface area contributed by atoms with Gasteiger partial charge in [-0.15, -0.1) is 0 Å². The zero-order chi connectivity index (χ0) is 22.6. The van der Waals surface area contributed by atoms with Gasteiger partial charge in [-0.25, -0.2) is 8.42 Å². The fourth-order valence-electron chi connectivity index (χ4n) is 2.77. The fourth-order valence-corrected chi connectivity index (χ4v) is 3.95. The van der Waals surface area contributed by atoms with E-state index in [0.29, 0.717) is 16.5 Å². The topological polar surface area (TPSA) is 75.7 Å². The van der Waals surface area contributed by atoms with Crippen LogP contribution in [0.5, 0.6) is 5.75 Å². The molecule has 0 unspecified atom stereocenters. The first-order valence-corrected chi connectivity index (χ1v) is 11.4. The summed E-state index contributed by atoms with van der Waals surface area (Å²) in [6.45, 7) is 3.84. The van der Waals surface area contributed by atoms with Crippen molar-refractivity contribution >= 4 is 38.9 Å². The predicted molar refractivity (Wildman–Crippen MR) is 124 cm³/mol. The van der Waals surface area contributed by atoms with Crippen molar-refractivity contribution < 1.29 is 17.9 Å². The molecular formula is C23H23ClN2O4S. The third-order valence-electron chi connectivity index (χ3n) is 4.84. The van der Waals surface area contributed by atoms with Crippen LogP contribution in [0.25, 0.3) is 0 Å². The van der Waals surface area contributed by atoms with Crippen molar-refractivity contribution in [2.75, 3.05) is 23.3 Å². The maximum absolute atomic E-state index is 12.5. The Morgan fingerprint density at radius 3 is 2.23 bits per heavy atom. The summed E-state index contributed by atoms with van der Waals surface area (Å²) < 4.78 is 33.1. The van der Waals surface area contributed by atoms with Crippen LogP contribution in [0.3, 0.4) is 0 Å². The highest BCUT2D eigenvalue weighted by molar-refractivity contribution is 7.92. The van der Waals surface area contributed by atoms with E-state index < -0.39 is 10.0 Å². The number of hydrogen-bond acceptors (Lipinski definition) is 4. The van der Waals surface area contributed by atoms with Crippen molar-refractivity contribution in [3.05, 3.63) is 82.9 Å².